The zero-order valence-corrected chi connectivity index (χ0v) is 7.09. The number of aldehydes is 1. The molecule has 0 spiro atoms. The predicted molar refractivity (Wildman–Crippen MR) is 46.7 cm³/mol. The van der Waals surface area contributed by atoms with Gasteiger partial charge in [0.2, 0.25) is 0 Å². The molecule has 0 aliphatic rings. The van der Waals surface area contributed by atoms with Gasteiger partial charge in [-0.3, -0.25) is 9.78 Å². The van der Waals surface area contributed by atoms with Gasteiger partial charge in [-0.2, -0.15) is 0 Å². The lowest BCUT2D eigenvalue weighted by Crippen LogP contribution is -1.89. The average Bonchev–Trinajstić information content (AvgIpc) is 2.03. The average molecular weight is 159 g/mol. The first kappa shape index (κ1) is 8.48. The van der Waals surface area contributed by atoms with Crippen molar-refractivity contribution in [2.75, 3.05) is 0 Å². The SMILES string of the molecule is Cc1ccc(C#CC=O)c(C)n1. The second-order valence-corrected chi connectivity index (χ2v) is 2.47. The van der Waals surface area contributed by atoms with Gasteiger partial charge in [-0.25, -0.2) is 0 Å². The molecule has 0 radical (unpaired) electrons. The number of hydrogen-bond donors (Lipinski definition) is 0. The number of pyridine rings is 1. The Kier molecular flexibility index (Phi) is 2.60. The van der Waals surface area contributed by atoms with Crippen molar-refractivity contribution in [1.82, 2.24) is 4.98 Å². The van der Waals surface area contributed by atoms with Crippen LogP contribution in [0.5, 0.6) is 0 Å². The third-order valence-electron chi connectivity index (χ3n) is 1.49. The maximum Gasteiger partial charge on any atom is 0.193 e. The number of aromatic nitrogens is 1. The van der Waals surface area contributed by atoms with Crippen molar-refractivity contribution in [2.24, 2.45) is 0 Å². The summed E-state index contributed by atoms with van der Waals surface area (Å²) in [5.74, 6) is 5.06. The van der Waals surface area contributed by atoms with E-state index in [1.54, 1.807) is 0 Å². The molecule has 0 aliphatic carbocycles. The summed E-state index contributed by atoms with van der Waals surface area (Å²) in [5, 5.41) is 0. The molecule has 2 heteroatoms. The second kappa shape index (κ2) is 3.68. The Morgan fingerprint density at radius 2 is 2.17 bits per heavy atom. The van der Waals surface area contributed by atoms with Crippen LogP contribution < -0.4 is 0 Å². The lowest BCUT2D eigenvalue weighted by atomic mass is 10.2. The second-order valence-electron chi connectivity index (χ2n) is 2.47. The largest absolute Gasteiger partial charge is 0.289 e. The van der Waals surface area contributed by atoms with Crippen LogP contribution in [0.1, 0.15) is 17.0 Å². The quantitative estimate of drug-likeness (QED) is 0.421. The summed E-state index contributed by atoms with van der Waals surface area (Å²) in [6.07, 6.45) is 0.583. The molecular formula is C10H9NO. The number of nitrogens with zero attached hydrogens (tertiary/aromatic N) is 1. The van der Waals surface area contributed by atoms with E-state index in [1.165, 1.54) is 0 Å². The minimum Gasteiger partial charge on any atom is -0.289 e. The Morgan fingerprint density at radius 3 is 2.75 bits per heavy atom. The van der Waals surface area contributed by atoms with Crippen LogP contribution in [0.15, 0.2) is 12.1 Å². The maximum absolute atomic E-state index is 9.96. The highest BCUT2D eigenvalue weighted by Gasteiger charge is 1.94. The Hall–Kier alpha value is -1.62. The van der Waals surface area contributed by atoms with Crippen molar-refractivity contribution in [2.45, 2.75) is 13.8 Å². The number of carbonyl (C=O) groups excluding carboxylic acids is 1. The van der Waals surface area contributed by atoms with Gasteiger partial charge in [0.05, 0.1) is 5.69 Å². The lowest BCUT2D eigenvalue weighted by molar-refractivity contribution is -0.103. The molecule has 0 amide bonds. The van der Waals surface area contributed by atoms with Crippen LogP contribution in [0.4, 0.5) is 0 Å². The molecule has 0 aromatic carbocycles. The smallest absolute Gasteiger partial charge is 0.193 e. The van der Waals surface area contributed by atoms with E-state index in [1.807, 2.05) is 26.0 Å². The molecular weight excluding hydrogens is 150 g/mol. The molecule has 2 nitrogen and oxygen atoms in total. The molecule has 12 heavy (non-hydrogen) atoms. The predicted octanol–water partition coefficient (Wildman–Crippen LogP) is 1.25. The molecule has 0 atom stereocenters. The zero-order chi connectivity index (χ0) is 8.97. The lowest BCUT2D eigenvalue weighted by Gasteiger charge is -1.97. The van der Waals surface area contributed by atoms with Crippen molar-refractivity contribution in [3.05, 3.63) is 29.1 Å². The summed E-state index contributed by atoms with van der Waals surface area (Å²) >= 11 is 0. The van der Waals surface area contributed by atoms with Crippen LogP contribution in [-0.4, -0.2) is 11.3 Å². The first-order chi connectivity index (χ1) is 5.74. The summed E-state index contributed by atoms with van der Waals surface area (Å²) in [6.45, 7) is 3.80. The van der Waals surface area contributed by atoms with E-state index in [2.05, 4.69) is 16.8 Å². The topological polar surface area (TPSA) is 30.0 Å². The fourth-order valence-electron chi connectivity index (χ4n) is 0.926. The van der Waals surface area contributed by atoms with Crippen LogP contribution in [0.2, 0.25) is 0 Å². The van der Waals surface area contributed by atoms with Crippen molar-refractivity contribution >= 4 is 6.29 Å². The molecule has 60 valence electrons. The molecule has 1 rings (SSSR count). The van der Waals surface area contributed by atoms with Crippen molar-refractivity contribution < 1.29 is 4.79 Å². The van der Waals surface area contributed by atoms with Gasteiger partial charge in [0, 0.05) is 11.3 Å². The summed E-state index contributed by atoms with van der Waals surface area (Å²) in [6, 6.07) is 3.75. The molecule has 0 bridgehead atoms. The first-order valence-electron chi connectivity index (χ1n) is 3.63. The molecule has 1 aromatic heterocycles. The third kappa shape index (κ3) is 1.93. The van der Waals surface area contributed by atoms with Crippen LogP contribution in [0.25, 0.3) is 0 Å². The first-order valence-corrected chi connectivity index (χ1v) is 3.63. The van der Waals surface area contributed by atoms with Crippen LogP contribution in [-0.2, 0) is 4.79 Å². The monoisotopic (exact) mass is 159 g/mol. The van der Waals surface area contributed by atoms with Gasteiger partial charge in [0.1, 0.15) is 0 Å². The summed E-state index contributed by atoms with van der Waals surface area (Å²) in [5.41, 5.74) is 2.64. The van der Waals surface area contributed by atoms with Gasteiger partial charge in [-0.1, -0.05) is 5.92 Å². The normalized spacial score (nSPS) is 8.50. The highest BCUT2D eigenvalue weighted by atomic mass is 16.1. The number of rotatable bonds is 0. The molecule has 0 fully saturated rings. The van der Waals surface area contributed by atoms with E-state index in [-0.39, 0.29) is 0 Å². The van der Waals surface area contributed by atoms with Crippen LogP contribution in [0, 0.1) is 25.7 Å². The van der Waals surface area contributed by atoms with Crippen molar-refractivity contribution in [1.29, 1.82) is 0 Å². The van der Waals surface area contributed by atoms with Gasteiger partial charge in [-0.05, 0) is 31.9 Å². The highest BCUT2D eigenvalue weighted by molar-refractivity contribution is 5.74. The minimum atomic E-state index is 0.583. The van der Waals surface area contributed by atoms with Gasteiger partial charge in [0.25, 0.3) is 0 Å². The Morgan fingerprint density at radius 1 is 1.42 bits per heavy atom. The van der Waals surface area contributed by atoms with E-state index >= 15 is 0 Å². The minimum absolute atomic E-state index is 0.583. The van der Waals surface area contributed by atoms with E-state index in [0.29, 0.717) is 6.29 Å². The number of hydrogen-bond acceptors (Lipinski definition) is 2. The van der Waals surface area contributed by atoms with Crippen LogP contribution >= 0.6 is 0 Å². The molecule has 0 aliphatic heterocycles. The van der Waals surface area contributed by atoms with E-state index < -0.39 is 0 Å². The third-order valence-corrected chi connectivity index (χ3v) is 1.49. The van der Waals surface area contributed by atoms with Gasteiger partial charge >= 0.3 is 0 Å². The maximum atomic E-state index is 9.96. The van der Waals surface area contributed by atoms with Gasteiger partial charge < -0.3 is 0 Å². The highest BCUT2D eigenvalue weighted by Crippen LogP contribution is 2.03. The van der Waals surface area contributed by atoms with E-state index in [0.717, 1.165) is 17.0 Å². The van der Waals surface area contributed by atoms with Crippen LogP contribution in [0.3, 0.4) is 0 Å². The number of carbonyl (C=O) groups is 1. The van der Waals surface area contributed by atoms with Gasteiger partial charge in [-0.15, -0.1) is 0 Å². The molecule has 0 saturated heterocycles. The summed E-state index contributed by atoms with van der Waals surface area (Å²) in [4.78, 5) is 14.2. The fourth-order valence-corrected chi connectivity index (χ4v) is 0.926. The van der Waals surface area contributed by atoms with Crippen molar-refractivity contribution in [3.63, 3.8) is 0 Å². The molecule has 0 saturated carbocycles. The Labute approximate surface area is 71.6 Å². The van der Waals surface area contributed by atoms with E-state index in [9.17, 15) is 4.79 Å². The molecule has 0 unspecified atom stereocenters. The zero-order valence-electron chi connectivity index (χ0n) is 7.09. The van der Waals surface area contributed by atoms with Gasteiger partial charge in [0.15, 0.2) is 6.29 Å². The Balaban J connectivity index is 3.09. The van der Waals surface area contributed by atoms with E-state index in [4.69, 9.17) is 0 Å². The molecule has 0 N–H and O–H groups in total. The number of aryl methyl sites for hydroxylation is 2. The standard InChI is InChI=1S/C10H9NO/c1-8-5-6-10(4-3-7-12)9(2)11-8/h5-7H,1-2H3. The molecule has 1 heterocycles. The molecule has 1 aromatic rings. The summed E-state index contributed by atoms with van der Waals surface area (Å²) < 4.78 is 0. The van der Waals surface area contributed by atoms with Crippen molar-refractivity contribution in [3.8, 4) is 11.8 Å². The summed E-state index contributed by atoms with van der Waals surface area (Å²) in [7, 11) is 0. The Bertz CT molecular complexity index is 358. The fraction of sp³-hybridized carbons (Fsp3) is 0.200.